The van der Waals surface area contributed by atoms with E-state index < -0.39 is 11.9 Å². The van der Waals surface area contributed by atoms with Crippen LogP contribution in [0.1, 0.15) is 0 Å². The topological polar surface area (TPSA) is 103 Å². The van der Waals surface area contributed by atoms with E-state index in [1.807, 2.05) is 0 Å². The molecule has 0 aliphatic carbocycles. The number of thioether (sulfide) groups is 1. The molecule has 1 aromatic rings. The highest BCUT2D eigenvalue weighted by Gasteiger charge is 2.10. The Labute approximate surface area is 127 Å². The molecule has 0 saturated carbocycles. The fraction of sp³-hybridized carbons (Fsp3) is 0.385. The van der Waals surface area contributed by atoms with E-state index in [9.17, 15) is 9.59 Å². The summed E-state index contributed by atoms with van der Waals surface area (Å²) in [5.74, 6) is 0.295. The molecule has 0 atom stereocenters. The summed E-state index contributed by atoms with van der Waals surface area (Å²) in [6.45, 7) is 0.730. The molecule has 8 heteroatoms. The summed E-state index contributed by atoms with van der Waals surface area (Å²) in [6.07, 6.45) is 0. The summed E-state index contributed by atoms with van der Waals surface area (Å²) in [4.78, 5) is 23.8. The minimum atomic E-state index is -0.540. The fourth-order valence-electron chi connectivity index (χ4n) is 1.42. The fourth-order valence-corrected chi connectivity index (χ4v) is 2.23. The van der Waals surface area contributed by atoms with Crippen LogP contribution in [0.15, 0.2) is 23.1 Å². The van der Waals surface area contributed by atoms with E-state index in [0.29, 0.717) is 24.6 Å². The summed E-state index contributed by atoms with van der Waals surface area (Å²) >= 11 is 1.26. The number of carbonyl (C=O) groups excluding carboxylic acids is 2. The number of hydrogen-bond acceptors (Lipinski definition) is 6. The molecule has 4 N–H and O–H groups in total. The zero-order valence-corrected chi connectivity index (χ0v) is 12.8. The first kappa shape index (κ1) is 17.1. The Kier molecular flexibility index (Phi) is 7.41. The van der Waals surface area contributed by atoms with Crippen LogP contribution >= 0.6 is 11.8 Å². The molecule has 0 unspecified atom stereocenters. The summed E-state index contributed by atoms with van der Waals surface area (Å²) in [7, 11) is 3.06. The van der Waals surface area contributed by atoms with Gasteiger partial charge in [-0.2, -0.15) is 0 Å². The lowest BCUT2D eigenvalue weighted by atomic mass is 10.3. The number of ether oxygens (including phenoxy) is 2. The number of urea groups is 1. The molecular weight excluding hydrogens is 294 g/mol. The van der Waals surface area contributed by atoms with Gasteiger partial charge in [0.2, 0.25) is 5.91 Å². The average Bonchev–Trinajstić information content (AvgIpc) is 2.46. The van der Waals surface area contributed by atoms with Gasteiger partial charge >= 0.3 is 6.03 Å². The third kappa shape index (κ3) is 6.37. The highest BCUT2D eigenvalue weighted by Crippen LogP contribution is 2.30. The molecule has 0 bridgehead atoms. The predicted molar refractivity (Wildman–Crippen MR) is 81.5 cm³/mol. The third-order valence-electron chi connectivity index (χ3n) is 2.39. The van der Waals surface area contributed by atoms with Crippen molar-refractivity contribution in [1.29, 1.82) is 0 Å². The smallest absolute Gasteiger partial charge is 0.321 e. The molecule has 116 valence electrons. The highest BCUT2D eigenvalue weighted by molar-refractivity contribution is 8.00. The van der Waals surface area contributed by atoms with Crippen LogP contribution in [0.3, 0.4) is 0 Å². The van der Waals surface area contributed by atoms with Gasteiger partial charge < -0.3 is 20.5 Å². The summed E-state index contributed by atoms with van der Waals surface area (Å²) < 4.78 is 9.96. The van der Waals surface area contributed by atoms with Crippen molar-refractivity contribution in [2.45, 2.75) is 4.90 Å². The number of benzene rings is 1. The molecule has 0 spiro atoms. The maximum absolute atomic E-state index is 11.6. The predicted octanol–water partition coefficient (Wildman–Crippen LogP) is 0.842. The van der Waals surface area contributed by atoms with Gasteiger partial charge in [-0.25, -0.2) is 4.79 Å². The average molecular weight is 313 g/mol. The summed E-state index contributed by atoms with van der Waals surface area (Å²) in [5, 5.41) is 4.72. The van der Waals surface area contributed by atoms with E-state index in [4.69, 9.17) is 15.2 Å². The van der Waals surface area contributed by atoms with E-state index in [-0.39, 0.29) is 5.75 Å². The molecule has 0 heterocycles. The normalized spacial score (nSPS) is 10.0. The quantitative estimate of drug-likeness (QED) is 0.392. The van der Waals surface area contributed by atoms with Gasteiger partial charge in [0.1, 0.15) is 5.75 Å². The number of methoxy groups -OCH3 is 2. The second-order valence-electron chi connectivity index (χ2n) is 4.00. The van der Waals surface area contributed by atoms with Gasteiger partial charge in [0.25, 0.3) is 0 Å². The second-order valence-corrected chi connectivity index (χ2v) is 5.01. The van der Waals surface area contributed by atoms with Crippen LogP contribution in [0.4, 0.5) is 10.5 Å². The molecule has 21 heavy (non-hydrogen) atoms. The number of amides is 3. The minimum absolute atomic E-state index is 0.0952. The second kappa shape index (κ2) is 9.09. The number of nitrogens with one attached hydrogen (secondary N) is 2. The standard InChI is InChI=1S/C13H19N3O4S/c1-19-6-5-15-13(18)16-12(17)8-21-11-4-3-9(14)7-10(11)20-2/h3-4,7H,5-6,8,14H2,1-2H3,(H2,15,16,17,18). The number of hydrogen-bond donors (Lipinski definition) is 3. The van der Waals surface area contributed by atoms with Crippen molar-refractivity contribution in [1.82, 2.24) is 10.6 Å². The van der Waals surface area contributed by atoms with Gasteiger partial charge in [-0.1, -0.05) is 0 Å². The number of anilines is 1. The number of imide groups is 1. The minimum Gasteiger partial charge on any atom is -0.496 e. The molecular formula is C13H19N3O4S. The largest absolute Gasteiger partial charge is 0.496 e. The SMILES string of the molecule is COCCNC(=O)NC(=O)CSc1ccc(N)cc1OC. The van der Waals surface area contributed by atoms with Crippen LogP contribution in [-0.4, -0.2) is 45.1 Å². The molecule has 0 aliphatic rings. The first-order valence-corrected chi connectivity index (χ1v) is 7.18. The van der Waals surface area contributed by atoms with Crippen LogP contribution in [0.25, 0.3) is 0 Å². The Hall–Kier alpha value is -1.93. The van der Waals surface area contributed by atoms with Crippen LogP contribution in [0.5, 0.6) is 5.75 Å². The van der Waals surface area contributed by atoms with Crippen molar-refractivity contribution in [2.75, 3.05) is 38.9 Å². The summed E-state index contributed by atoms with van der Waals surface area (Å²) in [6, 6.07) is 4.63. The van der Waals surface area contributed by atoms with Gasteiger partial charge in [-0.15, -0.1) is 11.8 Å². The molecule has 0 aromatic heterocycles. The lowest BCUT2D eigenvalue weighted by molar-refractivity contribution is -0.117. The van der Waals surface area contributed by atoms with Gasteiger partial charge in [0.15, 0.2) is 0 Å². The van der Waals surface area contributed by atoms with E-state index in [1.54, 1.807) is 18.2 Å². The first-order valence-electron chi connectivity index (χ1n) is 6.19. The molecule has 0 radical (unpaired) electrons. The molecule has 1 aromatic carbocycles. The lowest BCUT2D eigenvalue weighted by Gasteiger charge is -2.09. The maximum atomic E-state index is 11.6. The van der Waals surface area contributed by atoms with E-state index in [1.165, 1.54) is 26.0 Å². The Morgan fingerprint density at radius 3 is 2.76 bits per heavy atom. The van der Waals surface area contributed by atoms with Crippen LogP contribution in [-0.2, 0) is 9.53 Å². The number of nitrogen functional groups attached to an aromatic ring is 1. The van der Waals surface area contributed by atoms with Crippen molar-refractivity contribution < 1.29 is 19.1 Å². The third-order valence-corrected chi connectivity index (χ3v) is 3.45. The Morgan fingerprint density at radius 2 is 2.10 bits per heavy atom. The Morgan fingerprint density at radius 1 is 1.33 bits per heavy atom. The highest BCUT2D eigenvalue weighted by atomic mass is 32.2. The molecule has 0 aliphatic heterocycles. The van der Waals surface area contributed by atoms with E-state index >= 15 is 0 Å². The molecule has 3 amide bonds. The Bertz CT molecular complexity index is 496. The van der Waals surface area contributed by atoms with E-state index in [2.05, 4.69) is 10.6 Å². The van der Waals surface area contributed by atoms with Gasteiger partial charge in [-0.05, 0) is 12.1 Å². The van der Waals surface area contributed by atoms with Crippen molar-refractivity contribution in [3.05, 3.63) is 18.2 Å². The van der Waals surface area contributed by atoms with Gasteiger partial charge in [0, 0.05) is 30.3 Å². The van der Waals surface area contributed by atoms with Crippen molar-refractivity contribution in [2.24, 2.45) is 0 Å². The van der Waals surface area contributed by atoms with Crippen molar-refractivity contribution >= 4 is 29.4 Å². The van der Waals surface area contributed by atoms with Crippen LogP contribution in [0, 0.1) is 0 Å². The van der Waals surface area contributed by atoms with Crippen molar-refractivity contribution in [3.63, 3.8) is 0 Å². The van der Waals surface area contributed by atoms with Crippen molar-refractivity contribution in [3.8, 4) is 5.75 Å². The number of carbonyl (C=O) groups is 2. The van der Waals surface area contributed by atoms with Gasteiger partial charge in [-0.3, -0.25) is 10.1 Å². The zero-order chi connectivity index (χ0) is 15.7. The lowest BCUT2D eigenvalue weighted by Crippen LogP contribution is -2.41. The molecule has 0 fully saturated rings. The van der Waals surface area contributed by atoms with Gasteiger partial charge in [0.05, 0.1) is 19.5 Å². The molecule has 7 nitrogen and oxygen atoms in total. The number of nitrogens with two attached hydrogens (primary N) is 1. The number of rotatable bonds is 7. The Balaban J connectivity index is 2.41. The summed E-state index contributed by atoms with van der Waals surface area (Å²) in [5.41, 5.74) is 6.23. The molecule has 1 rings (SSSR count). The van der Waals surface area contributed by atoms with Crippen LogP contribution in [0.2, 0.25) is 0 Å². The molecule has 0 saturated heterocycles. The first-order chi connectivity index (χ1) is 10.1. The van der Waals surface area contributed by atoms with E-state index in [0.717, 1.165) is 4.90 Å². The monoisotopic (exact) mass is 313 g/mol. The van der Waals surface area contributed by atoms with Crippen LogP contribution < -0.4 is 21.1 Å². The zero-order valence-electron chi connectivity index (χ0n) is 12.0. The maximum Gasteiger partial charge on any atom is 0.321 e.